The number of thiocarbonyl (C=S) groups is 1. The predicted octanol–water partition coefficient (Wildman–Crippen LogP) is -0.444. The third-order valence-corrected chi connectivity index (χ3v) is 4.90. The Bertz CT molecular complexity index is 400. The molecule has 1 amide bonds. The van der Waals surface area contributed by atoms with Gasteiger partial charge < -0.3 is 10.6 Å². The van der Waals surface area contributed by atoms with Crippen molar-refractivity contribution in [2.24, 2.45) is 11.1 Å². The minimum atomic E-state index is -2.97. The maximum Gasteiger partial charge on any atom is 0.235 e. The fraction of sp³-hybridized carbons (Fsp3) is 0.778. The van der Waals surface area contributed by atoms with Crippen LogP contribution in [0.1, 0.15) is 13.8 Å². The van der Waals surface area contributed by atoms with Crippen molar-refractivity contribution in [2.45, 2.75) is 13.8 Å². The third kappa shape index (κ3) is 2.70. The molecular weight excluding hydrogens is 248 g/mol. The van der Waals surface area contributed by atoms with Crippen LogP contribution in [0.15, 0.2) is 0 Å². The van der Waals surface area contributed by atoms with Gasteiger partial charge >= 0.3 is 0 Å². The van der Waals surface area contributed by atoms with E-state index in [9.17, 15) is 13.2 Å². The summed E-state index contributed by atoms with van der Waals surface area (Å²) in [5.41, 5.74) is 4.59. The highest BCUT2D eigenvalue weighted by atomic mass is 32.2. The van der Waals surface area contributed by atoms with Crippen LogP contribution in [0.4, 0.5) is 0 Å². The Morgan fingerprint density at radius 3 is 2.12 bits per heavy atom. The highest BCUT2D eigenvalue weighted by Crippen LogP contribution is 2.20. The van der Waals surface area contributed by atoms with Gasteiger partial charge in [0.2, 0.25) is 5.91 Å². The number of nitrogens with two attached hydrogens (primary N) is 1. The van der Waals surface area contributed by atoms with E-state index >= 15 is 0 Å². The highest BCUT2D eigenvalue weighted by molar-refractivity contribution is 7.91. The van der Waals surface area contributed by atoms with Crippen molar-refractivity contribution >= 4 is 33.0 Å². The Kier molecular flexibility index (Phi) is 3.59. The second-order valence-corrected chi connectivity index (χ2v) is 7.18. The zero-order valence-electron chi connectivity index (χ0n) is 9.39. The van der Waals surface area contributed by atoms with E-state index in [1.54, 1.807) is 13.8 Å². The van der Waals surface area contributed by atoms with Crippen molar-refractivity contribution in [1.82, 2.24) is 4.90 Å². The lowest BCUT2D eigenvalue weighted by atomic mass is 9.91. The van der Waals surface area contributed by atoms with Crippen molar-refractivity contribution in [3.63, 3.8) is 0 Å². The summed E-state index contributed by atoms with van der Waals surface area (Å²) in [6.07, 6.45) is 0. The monoisotopic (exact) mass is 264 g/mol. The lowest BCUT2D eigenvalue weighted by Gasteiger charge is -2.33. The first-order chi connectivity index (χ1) is 7.17. The molecule has 92 valence electrons. The average molecular weight is 264 g/mol. The molecule has 2 N–H and O–H groups in total. The zero-order valence-corrected chi connectivity index (χ0v) is 11.0. The van der Waals surface area contributed by atoms with E-state index < -0.39 is 15.3 Å². The number of hydrogen-bond acceptors (Lipinski definition) is 4. The molecule has 0 aromatic heterocycles. The molecule has 0 aromatic carbocycles. The van der Waals surface area contributed by atoms with Gasteiger partial charge in [-0.05, 0) is 13.8 Å². The van der Waals surface area contributed by atoms with E-state index in [1.807, 2.05) is 0 Å². The largest absolute Gasteiger partial charge is 0.392 e. The number of carbonyl (C=O) groups excluding carboxylic acids is 1. The zero-order chi connectivity index (χ0) is 12.6. The van der Waals surface area contributed by atoms with E-state index in [0.29, 0.717) is 0 Å². The van der Waals surface area contributed by atoms with Crippen molar-refractivity contribution in [1.29, 1.82) is 0 Å². The molecule has 0 aromatic rings. The van der Waals surface area contributed by atoms with Crippen LogP contribution in [0.3, 0.4) is 0 Å². The normalized spacial score (nSPS) is 20.5. The van der Waals surface area contributed by atoms with Crippen LogP contribution in [0.2, 0.25) is 0 Å². The molecular formula is C9H16N2O3S2. The van der Waals surface area contributed by atoms with Crippen molar-refractivity contribution in [3.05, 3.63) is 0 Å². The Balaban J connectivity index is 2.75. The summed E-state index contributed by atoms with van der Waals surface area (Å²) in [6, 6.07) is 0. The molecule has 1 aliphatic heterocycles. The number of sulfone groups is 1. The maximum atomic E-state index is 12.0. The summed E-state index contributed by atoms with van der Waals surface area (Å²) < 4.78 is 22.4. The lowest BCUT2D eigenvalue weighted by Crippen LogP contribution is -2.52. The Morgan fingerprint density at radius 2 is 1.75 bits per heavy atom. The summed E-state index contributed by atoms with van der Waals surface area (Å²) in [5.74, 6) is -0.159. The van der Waals surface area contributed by atoms with Crippen molar-refractivity contribution in [2.75, 3.05) is 24.6 Å². The molecule has 0 saturated carbocycles. The van der Waals surface area contributed by atoms with Crippen LogP contribution in [0, 0.1) is 5.41 Å². The summed E-state index contributed by atoms with van der Waals surface area (Å²) >= 11 is 4.83. The first-order valence-electron chi connectivity index (χ1n) is 4.96. The van der Waals surface area contributed by atoms with Crippen LogP contribution in [-0.4, -0.2) is 48.8 Å². The molecule has 0 unspecified atom stereocenters. The number of carbonyl (C=O) groups is 1. The molecule has 1 saturated heterocycles. The maximum absolute atomic E-state index is 12.0. The van der Waals surface area contributed by atoms with E-state index in [1.165, 1.54) is 4.90 Å². The number of hydrogen-bond donors (Lipinski definition) is 1. The molecule has 0 bridgehead atoms. The minimum Gasteiger partial charge on any atom is -0.392 e. The molecule has 16 heavy (non-hydrogen) atoms. The van der Waals surface area contributed by atoms with Gasteiger partial charge in [0.05, 0.1) is 21.9 Å². The quantitative estimate of drug-likeness (QED) is 0.684. The van der Waals surface area contributed by atoms with Crippen LogP contribution in [0.25, 0.3) is 0 Å². The molecule has 0 aliphatic carbocycles. The topological polar surface area (TPSA) is 80.5 Å². The van der Waals surface area contributed by atoms with Gasteiger partial charge in [-0.1, -0.05) is 12.2 Å². The average Bonchev–Trinajstić information content (AvgIpc) is 2.16. The highest BCUT2D eigenvalue weighted by Gasteiger charge is 2.37. The lowest BCUT2D eigenvalue weighted by molar-refractivity contribution is -0.136. The first kappa shape index (κ1) is 13.4. The van der Waals surface area contributed by atoms with Gasteiger partial charge in [-0.15, -0.1) is 0 Å². The molecule has 1 heterocycles. The first-order valence-corrected chi connectivity index (χ1v) is 7.19. The van der Waals surface area contributed by atoms with Gasteiger partial charge in [-0.25, -0.2) is 8.42 Å². The SMILES string of the molecule is CC(C)(C(=O)N1CCS(=O)(=O)CC1)C(N)=S. The molecule has 5 nitrogen and oxygen atoms in total. The molecule has 1 rings (SSSR count). The van der Waals surface area contributed by atoms with Crippen molar-refractivity contribution in [3.8, 4) is 0 Å². The summed E-state index contributed by atoms with van der Waals surface area (Å²) in [5, 5.41) is 0. The van der Waals surface area contributed by atoms with Gasteiger partial charge in [0, 0.05) is 13.1 Å². The van der Waals surface area contributed by atoms with Gasteiger partial charge in [0.15, 0.2) is 9.84 Å². The summed E-state index contributed by atoms with van der Waals surface area (Å²) in [4.78, 5) is 13.7. The molecule has 7 heteroatoms. The van der Waals surface area contributed by atoms with Crippen LogP contribution in [-0.2, 0) is 14.6 Å². The second kappa shape index (κ2) is 4.29. The predicted molar refractivity (Wildman–Crippen MR) is 65.8 cm³/mol. The number of rotatable bonds is 2. The Morgan fingerprint density at radius 1 is 1.31 bits per heavy atom. The Labute approximate surface area is 101 Å². The standard InChI is InChI=1S/C9H16N2O3S2/c1-9(2,7(10)15)8(12)11-3-5-16(13,14)6-4-11/h3-6H2,1-2H3,(H2,10,15). The molecule has 0 radical (unpaired) electrons. The minimum absolute atomic E-state index is 0.0200. The fourth-order valence-electron chi connectivity index (χ4n) is 1.42. The number of amides is 1. The Hall–Kier alpha value is -0.690. The van der Waals surface area contributed by atoms with Crippen LogP contribution < -0.4 is 5.73 Å². The van der Waals surface area contributed by atoms with E-state index in [0.717, 1.165) is 0 Å². The van der Waals surface area contributed by atoms with Crippen molar-refractivity contribution < 1.29 is 13.2 Å². The summed E-state index contributed by atoms with van der Waals surface area (Å²) in [6.45, 7) is 3.77. The van der Waals surface area contributed by atoms with Gasteiger partial charge in [0.25, 0.3) is 0 Å². The molecule has 0 atom stereocenters. The molecule has 0 spiro atoms. The fourth-order valence-corrected chi connectivity index (χ4v) is 2.70. The van der Waals surface area contributed by atoms with E-state index in [4.69, 9.17) is 18.0 Å². The molecule has 1 aliphatic rings. The van der Waals surface area contributed by atoms with Gasteiger partial charge in [-0.2, -0.15) is 0 Å². The van der Waals surface area contributed by atoms with E-state index in [2.05, 4.69) is 0 Å². The van der Waals surface area contributed by atoms with Gasteiger partial charge in [0.1, 0.15) is 0 Å². The third-order valence-electron chi connectivity index (χ3n) is 2.78. The number of nitrogens with zero attached hydrogens (tertiary/aromatic N) is 1. The van der Waals surface area contributed by atoms with E-state index in [-0.39, 0.29) is 35.5 Å². The second-order valence-electron chi connectivity index (χ2n) is 4.43. The van der Waals surface area contributed by atoms with Crippen LogP contribution in [0.5, 0.6) is 0 Å². The van der Waals surface area contributed by atoms with Gasteiger partial charge in [-0.3, -0.25) is 4.79 Å². The summed E-state index contributed by atoms with van der Waals surface area (Å²) in [7, 11) is -2.97. The molecule has 1 fully saturated rings. The van der Waals surface area contributed by atoms with Crippen LogP contribution >= 0.6 is 12.2 Å². The smallest absolute Gasteiger partial charge is 0.235 e.